The molecule has 1 aliphatic heterocycles. The Bertz CT molecular complexity index is 1380. The van der Waals surface area contributed by atoms with E-state index in [1.54, 1.807) is 0 Å². The molecule has 0 aromatic heterocycles. The monoisotopic (exact) mass is 446 g/mol. The van der Waals surface area contributed by atoms with Crippen LogP contribution in [-0.4, -0.2) is 5.54 Å². The van der Waals surface area contributed by atoms with E-state index < -0.39 is 0 Å². The van der Waals surface area contributed by atoms with Gasteiger partial charge < -0.3 is 10.2 Å². The fraction of sp³-hybridized carbons (Fsp3) is 0.312. The van der Waals surface area contributed by atoms with E-state index in [9.17, 15) is 0 Å². The van der Waals surface area contributed by atoms with Crippen LogP contribution in [0.4, 0.5) is 22.7 Å². The Morgan fingerprint density at radius 3 is 2.38 bits per heavy atom. The van der Waals surface area contributed by atoms with E-state index in [1.165, 1.54) is 75.9 Å². The van der Waals surface area contributed by atoms with Gasteiger partial charge in [-0.2, -0.15) is 0 Å². The molecule has 1 heterocycles. The number of fused-ring (bicyclic) bond motifs is 4. The number of para-hydroxylation sites is 1. The molecule has 1 saturated carbocycles. The molecule has 2 nitrogen and oxygen atoms in total. The lowest BCUT2D eigenvalue weighted by Gasteiger charge is -2.50. The number of benzene rings is 4. The Balaban J connectivity index is 1.49. The van der Waals surface area contributed by atoms with Crippen LogP contribution in [0.5, 0.6) is 0 Å². The molecule has 4 aromatic rings. The maximum Gasteiger partial charge on any atom is 0.0517 e. The third-order valence-electron chi connectivity index (χ3n) is 8.77. The number of hydrogen-bond donors (Lipinski definition) is 1. The van der Waals surface area contributed by atoms with E-state index in [0.29, 0.717) is 0 Å². The first-order valence-electron chi connectivity index (χ1n) is 12.7. The van der Waals surface area contributed by atoms with Gasteiger partial charge in [0.05, 0.1) is 5.54 Å². The highest BCUT2D eigenvalue weighted by molar-refractivity contribution is 5.97. The van der Waals surface area contributed by atoms with Gasteiger partial charge in [0.15, 0.2) is 0 Å². The molecule has 2 aliphatic rings. The zero-order valence-corrected chi connectivity index (χ0v) is 20.8. The highest BCUT2D eigenvalue weighted by Crippen LogP contribution is 2.61. The normalized spacial score (nSPS) is 23.6. The summed E-state index contributed by atoms with van der Waals surface area (Å²) in [5, 5.41) is 6.40. The second-order valence-corrected chi connectivity index (χ2v) is 10.8. The summed E-state index contributed by atoms with van der Waals surface area (Å²) < 4.78 is 0. The van der Waals surface area contributed by atoms with Crippen molar-refractivity contribution in [1.82, 2.24) is 0 Å². The molecule has 0 radical (unpaired) electrons. The maximum absolute atomic E-state index is 3.83. The van der Waals surface area contributed by atoms with E-state index in [4.69, 9.17) is 0 Å². The minimum absolute atomic E-state index is 0.0834. The lowest BCUT2D eigenvalue weighted by atomic mass is 9.61. The summed E-state index contributed by atoms with van der Waals surface area (Å²) in [6, 6.07) is 29.2. The third-order valence-corrected chi connectivity index (χ3v) is 8.77. The van der Waals surface area contributed by atoms with Crippen LogP contribution in [0.1, 0.15) is 56.2 Å². The van der Waals surface area contributed by atoms with Crippen molar-refractivity contribution < 1.29 is 0 Å². The molecule has 2 atom stereocenters. The van der Waals surface area contributed by atoms with Gasteiger partial charge in [0.25, 0.3) is 0 Å². The first-order chi connectivity index (χ1) is 16.4. The highest BCUT2D eigenvalue weighted by atomic mass is 15.3. The smallest absolute Gasteiger partial charge is 0.0517 e. The van der Waals surface area contributed by atoms with Gasteiger partial charge in [0, 0.05) is 33.6 Å². The summed E-state index contributed by atoms with van der Waals surface area (Å²) in [5.41, 5.74) is 9.33. The predicted octanol–water partition coefficient (Wildman–Crippen LogP) is 8.94. The summed E-state index contributed by atoms with van der Waals surface area (Å²) in [4.78, 5) is 2.64. The van der Waals surface area contributed by atoms with Crippen LogP contribution in [0.3, 0.4) is 0 Å². The van der Waals surface area contributed by atoms with Gasteiger partial charge in [0.2, 0.25) is 0 Å². The number of nitrogens with zero attached hydrogens (tertiary/aromatic N) is 1. The SMILES string of the molecule is Cc1ccc2ccc(C)c(Nc3ccc4c(c3)C3(C)CCCCC3(C)N4c3ccccc3)c2c1. The van der Waals surface area contributed by atoms with E-state index in [0.717, 1.165) is 0 Å². The van der Waals surface area contributed by atoms with Gasteiger partial charge >= 0.3 is 0 Å². The molecule has 4 aromatic carbocycles. The first-order valence-corrected chi connectivity index (χ1v) is 12.7. The molecule has 1 fully saturated rings. The van der Waals surface area contributed by atoms with Crippen LogP contribution in [0, 0.1) is 13.8 Å². The second kappa shape index (κ2) is 7.63. The second-order valence-electron chi connectivity index (χ2n) is 10.8. The summed E-state index contributed by atoms with van der Waals surface area (Å²) in [7, 11) is 0. The topological polar surface area (TPSA) is 15.3 Å². The summed E-state index contributed by atoms with van der Waals surface area (Å²) in [6.07, 6.45) is 5.05. The van der Waals surface area contributed by atoms with Crippen LogP contribution < -0.4 is 10.2 Å². The Morgan fingerprint density at radius 2 is 1.56 bits per heavy atom. The molecule has 0 saturated heterocycles. The predicted molar refractivity (Wildman–Crippen MR) is 146 cm³/mol. The molecule has 0 amide bonds. The molecule has 2 unspecified atom stereocenters. The third kappa shape index (κ3) is 3.01. The molecule has 34 heavy (non-hydrogen) atoms. The number of anilines is 4. The number of rotatable bonds is 3. The van der Waals surface area contributed by atoms with E-state index in [1.807, 2.05) is 0 Å². The van der Waals surface area contributed by atoms with Crippen LogP contribution >= 0.6 is 0 Å². The Kier molecular flexibility index (Phi) is 4.78. The standard InChI is InChI=1S/C32H34N2/c1-22-12-14-24-15-13-23(2)30(27(24)20-22)33-25-16-17-29-28(21-25)31(3)18-8-9-19-32(31,4)34(29)26-10-6-5-7-11-26/h5-7,10-17,20-21,33H,8-9,18-19H2,1-4H3. The lowest BCUT2D eigenvalue weighted by molar-refractivity contribution is 0.195. The Hall–Kier alpha value is -3.26. The van der Waals surface area contributed by atoms with Crippen molar-refractivity contribution in [3.63, 3.8) is 0 Å². The van der Waals surface area contributed by atoms with Crippen LogP contribution in [-0.2, 0) is 5.41 Å². The number of aryl methyl sites for hydroxylation is 2. The molecular formula is C32H34N2. The fourth-order valence-electron chi connectivity index (χ4n) is 6.65. The molecule has 6 rings (SSSR count). The summed E-state index contributed by atoms with van der Waals surface area (Å²) >= 11 is 0. The molecule has 172 valence electrons. The maximum atomic E-state index is 3.83. The van der Waals surface area contributed by atoms with Gasteiger partial charge in [-0.15, -0.1) is 0 Å². The van der Waals surface area contributed by atoms with Gasteiger partial charge in [0.1, 0.15) is 0 Å². The average Bonchev–Trinajstić information content (AvgIpc) is 3.05. The largest absolute Gasteiger partial charge is 0.355 e. The van der Waals surface area contributed by atoms with Crippen molar-refractivity contribution in [2.75, 3.05) is 10.2 Å². The lowest BCUT2D eigenvalue weighted by Crippen LogP contribution is -2.54. The van der Waals surface area contributed by atoms with Gasteiger partial charge in [-0.25, -0.2) is 0 Å². The zero-order valence-electron chi connectivity index (χ0n) is 20.8. The van der Waals surface area contributed by atoms with Crippen molar-refractivity contribution in [3.05, 3.63) is 95.6 Å². The fourth-order valence-corrected chi connectivity index (χ4v) is 6.65. The molecule has 0 bridgehead atoms. The van der Waals surface area contributed by atoms with Gasteiger partial charge in [-0.1, -0.05) is 67.8 Å². The van der Waals surface area contributed by atoms with Crippen LogP contribution in [0.15, 0.2) is 78.9 Å². The number of nitrogens with one attached hydrogen (secondary N) is 1. The quantitative estimate of drug-likeness (QED) is 0.338. The first kappa shape index (κ1) is 21.3. The molecule has 1 aliphatic carbocycles. The average molecular weight is 447 g/mol. The Morgan fingerprint density at radius 1 is 0.794 bits per heavy atom. The number of hydrogen-bond acceptors (Lipinski definition) is 2. The van der Waals surface area contributed by atoms with E-state index in [2.05, 4.69) is 117 Å². The molecule has 0 spiro atoms. The minimum Gasteiger partial charge on any atom is -0.355 e. The van der Waals surface area contributed by atoms with E-state index in [-0.39, 0.29) is 11.0 Å². The zero-order chi connectivity index (χ0) is 23.5. The van der Waals surface area contributed by atoms with Gasteiger partial charge in [-0.3, -0.25) is 0 Å². The van der Waals surface area contributed by atoms with Crippen molar-refractivity contribution in [2.24, 2.45) is 0 Å². The summed E-state index contributed by atoms with van der Waals surface area (Å²) in [6.45, 7) is 9.37. The van der Waals surface area contributed by atoms with Crippen LogP contribution in [0.2, 0.25) is 0 Å². The van der Waals surface area contributed by atoms with Gasteiger partial charge in [-0.05, 0) is 86.5 Å². The van der Waals surface area contributed by atoms with Crippen LogP contribution in [0.25, 0.3) is 10.8 Å². The Labute approximate surface area is 203 Å². The summed E-state index contributed by atoms with van der Waals surface area (Å²) in [5.74, 6) is 0. The van der Waals surface area contributed by atoms with Crippen molar-refractivity contribution in [1.29, 1.82) is 0 Å². The van der Waals surface area contributed by atoms with E-state index >= 15 is 0 Å². The van der Waals surface area contributed by atoms with Crippen molar-refractivity contribution >= 4 is 33.5 Å². The molecular weight excluding hydrogens is 412 g/mol. The highest BCUT2D eigenvalue weighted by Gasteiger charge is 2.57. The molecule has 1 N–H and O–H groups in total. The minimum atomic E-state index is 0.0834. The molecule has 2 heteroatoms. The van der Waals surface area contributed by atoms with Crippen molar-refractivity contribution in [3.8, 4) is 0 Å². The van der Waals surface area contributed by atoms with Crippen molar-refractivity contribution in [2.45, 2.75) is 64.3 Å².